The number of pyridine rings is 1. The lowest BCUT2D eigenvalue weighted by Gasteiger charge is -2.26. The highest BCUT2D eigenvalue weighted by Gasteiger charge is 2.33. The number of hydrogen-bond donors (Lipinski definition) is 0. The van der Waals surface area contributed by atoms with E-state index in [1.54, 1.807) is 11.9 Å². The van der Waals surface area contributed by atoms with E-state index < -0.39 is 11.9 Å². The Balaban J connectivity index is 2.44. The van der Waals surface area contributed by atoms with E-state index in [1.165, 1.54) is 11.3 Å². The van der Waals surface area contributed by atoms with Crippen LogP contribution in [0.5, 0.6) is 0 Å². The van der Waals surface area contributed by atoms with Gasteiger partial charge in [-0.3, -0.25) is 0 Å². The highest BCUT2D eigenvalue weighted by atomic mass is 32.1. The van der Waals surface area contributed by atoms with Crippen LogP contribution in [-0.2, 0) is 6.18 Å². The third kappa shape index (κ3) is 3.16. The smallest absolute Gasteiger partial charge is 0.351 e. The fraction of sp³-hybridized carbons (Fsp3) is 0.286. The van der Waals surface area contributed by atoms with Crippen LogP contribution >= 0.6 is 11.3 Å². The molecule has 0 bridgehead atoms. The van der Waals surface area contributed by atoms with Gasteiger partial charge in [0.2, 0.25) is 0 Å². The van der Waals surface area contributed by atoms with Crippen molar-refractivity contribution in [3.8, 4) is 6.07 Å². The number of hydrogen-bond acceptors (Lipinski definition) is 4. The van der Waals surface area contributed by atoms with Crippen LogP contribution in [0.2, 0.25) is 0 Å². The molecule has 0 aliphatic carbocycles. The van der Waals surface area contributed by atoms with Crippen molar-refractivity contribution in [1.29, 1.82) is 5.26 Å². The summed E-state index contributed by atoms with van der Waals surface area (Å²) in [6, 6.07) is 7.46. The van der Waals surface area contributed by atoms with Gasteiger partial charge in [-0.1, -0.05) is 6.07 Å². The van der Waals surface area contributed by atoms with Crippen LogP contribution in [0.15, 0.2) is 29.6 Å². The van der Waals surface area contributed by atoms with Gasteiger partial charge in [0.05, 0.1) is 11.6 Å². The molecule has 0 radical (unpaired) electrons. The number of aromatic nitrogens is 1. The number of thiophene rings is 1. The van der Waals surface area contributed by atoms with Gasteiger partial charge in [-0.2, -0.15) is 18.4 Å². The number of rotatable bonds is 3. The van der Waals surface area contributed by atoms with Gasteiger partial charge in [-0.05, 0) is 30.5 Å². The molecule has 2 aromatic rings. The standard InChI is InChI=1S/C14H12F3N3S/c1-9(11-4-3-7-21-11)20(2)13-10(8-18)5-6-12(19-13)14(15,16)17/h3-7,9H,1-2H3. The van der Waals surface area contributed by atoms with Crippen molar-refractivity contribution < 1.29 is 13.2 Å². The van der Waals surface area contributed by atoms with Crippen LogP contribution in [0.1, 0.15) is 29.1 Å². The largest absolute Gasteiger partial charge is 0.433 e. The van der Waals surface area contributed by atoms with E-state index in [0.717, 1.165) is 17.0 Å². The summed E-state index contributed by atoms with van der Waals surface area (Å²) >= 11 is 1.50. The molecule has 21 heavy (non-hydrogen) atoms. The first-order valence-corrected chi connectivity index (χ1v) is 6.97. The van der Waals surface area contributed by atoms with Crippen molar-refractivity contribution in [1.82, 2.24) is 4.98 Å². The number of nitrogens with zero attached hydrogens (tertiary/aromatic N) is 3. The number of alkyl halides is 3. The summed E-state index contributed by atoms with van der Waals surface area (Å²) in [6.45, 7) is 1.86. The van der Waals surface area contributed by atoms with Crippen molar-refractivity contribution in [2.45, 2.75) is 19.1 Å². The SMILES string of the molecule is CC(c1cccs1)N(C)c1nc(C(F)(F)F)ccc1C#N. The van der Waals surface area contributed by atoms with Crippen LogP contribution in [0, 0.1) is 11.3 Å². The first-order valence-electron chi connectivity index (χ1n) is 6.09. The Kier molecular flexibility index (Phi) is 4.19. The Morgan fingerprint density at radius 3 is 2.57 bits per heavy atom. The van der Waals surface area contributed by atoms with Gasteiger partial charge in [0.25, 0.3) is 0 Å². The summed E-state index contributed by atoms with van der Waals surface area (Å²) in [6.07, 6.45) is -4.53. The summed E-state index contributed by atoms with van der Waals surface area (Å²) in [5, 5.41) is 11.0. The van der Waals surface area contributed by atoms with Gasteiger partial charge in [-0.25, -0.2) is 4.98 Å². The minimum Gasteiger partial charge on any atom is -0.351 e. The molecule has 0 amide bonds. The van der Waals surface area contributed by atoms with E-state index in [1.807, 2.05) is 30.5 Å². The van der Waals surface area contributed by atoms with E-state index in [0.29, 0.717) is 0 Å². The summed E-state index contributed by atoms with van der Waals surface area (Å²) < 4.78 is 38.3. The van der Waals surface area contributed by atoms with Crippen molar-refractivity contribution in [3.63, 3.8) is 0 Å². The molecule has 0 aromatic carbocycles. The Morgan fingerprint density at radius 2 is 2.05 bits per heavy atom. The van der Waals surface area contributed by atoms with Crippen LogP contribution in [0.25, 0.3) is 0 Å². The molecule has 0 spiro atoms. The lowest BCUT2D eigenvalue weighted by molar-refractivity contribution is -0.141. The molecule has 3 nitrogen and oxygen atoms in total. The molecule has 2 aromatic heterocycles. The third-order valence-corrected chi connectivity index (χ3v) is 4.20. The van der Waals surface area contributed by atoms with E-state index in [-0.39, 0.29) is 17.4 Å². The van der Waals surface area contributed by atoms with Crippen LogP contribution < -0.4 is 4.90 Å². The number of anilines is 1. The number of halogens is 3. The molecule has 7 heteroatoms. The molecule has 0 aliphatic rings. The first-order chi connectivity index (χ1) is 9.84. The van der Waals surface area contributed by atoms with E-state index in [4.69, 9.17) is 5.26 Å². The fourth-order valence-electron chi connectivity index (χ4n) is 1.87. The average molecular weight is 311 g/mol. The maximum absolute atomic E-state index is 12.8. The molecule has 2 rings (SSSR count). The molecule has 0 saturated heterocycles. The zero-order valence-corrected chi connectivity index (χ0v) is 12.2. The number of nitriles is 1. The molecule has 0 fully saturated rings. The van der Waals surface area contributed by atoms with Crippen LogP contribution in [0.4, 0.5) is 19.0 Å². The zero-order chi connectivity index (χ0) is 15.6. The Hall–Kier alpha value is -2.07. The summed E-state index contributed by atoms with van der Waals surface area (Å²) in [5.74, 6) is 0.0354. The fourth-order valence-corrected chi connectivity index (χ4v) is 2.69. The van der Waals surface area contributed by atoms with Crippen molar-refractivity contribution >= 4 is 17.2 Å². The monoisotopic (exact) mass is 311 g/mol. The summed E-state index contributed by atoms with van der Waals surface area (Å²) in [5.41, 5.74) is -0.879. The third-order valence-electron chi connectivity index (χ3n) is 3.16. The van der Waals surface area contributed by atoms with Gasteiger partial charge in [0.15, 0.2) is 0 Å². The topological polar surface area (TPSA) is 39.9 Å². The predicted molar refractivity (Wildman–Crippen MR) is 75.1 cm³/mol. The quantitative estimate of drug-likeness (QED) is 0.851. The molecule has 0 saturated carbocycles. The van der Waals surface area contributed by atoms with E-state index in [2.05, 4.69) is 4.98 Å². The molecule has 0 N–H and O–H groups in total. The van der Waals surface area contributed by atoms with Crippen molar-refractivity contribution in [2.75, 3.05) is 11.9 Å². The Labute approximate surface area is 124 Å². The van der Waals surface area contributed by atoms with E-state index in [9.17, 15) is 13.2 Å². The van der Waals surface area contributed by atoms with Crippen molar-refractivity contribution in [2.24, 2.45) is 0 Å². The van der Waals surface area contributed by atoms with Gasteiger partial charge in [0, 0.05) is 11.9 Å². The molecular formula is C14H12F3N3S. The first kappa shape index (κ1) is 15.3. The molecule has 1 atom stereocenters. The second kappa shape index (κ2) is 5.74. The normalized spacial score (nSPS) is 12.8. The van der Waals surface area contributed by atoms with Crippen LogP contribution in [-0.4, -0.2) is 12.0 Å². The Morgan fingerprint density at radius 1 is 1.33 bits per heavy atom. The van der Waals surface area contributed by atoms with Gasteiger partial charge >= 0.3 is 6.18 Å². The zero-order valence-electron chi connectivity index (χ0n) is 11.3. The average Bonchev–Trinajstić information content (AvgIpc) is 2.98. The second-order valence-corrected chi connectivity index (χ2v) is 5.46. The maximum Gasteiger partial charge on any atom is 0.433 e. The molecule has 1 unspecified atom stereocenters. The van der Waals surface area contributed by atoms with Crippen LogP contribution in [0.3, 0.4) is 0 Å². The summed E-state index contributed by atoms with van der Waals surface area (Å²) in [7, 11) is 1.63. The lowest BCUT2D eigenvalue weighted by Crippen LogP contribution is -2.24. The molecular weight excluding hydrogens is 299 g/mol. The highest BCUT2D eigenvalue weighted by Crippen LogP contribution is 2.33. The maximum atomic E-state index is 12.8. The molecule has 110 valence electrons. The minimum atomic E-state index is -4.53. The van der Waals surface area contributed by atoms with Crippen molar-refractivity contribution in [3.05, 3.63) is 45.8 Å². The predicted octanol–water partition coefficient (Wildman–Crippen LogP) is 4.23. The molecule has 0 aliphatic heterocycles. The lowest BCUT2D eigenvalue weighted by atomic mass is 10.2. The van der Waals surface area contributed by atoms with Gasteiger partial charge in [0.1, 0.15) is 17.6 Å². The highest BCUT2D eigenvalue weighted by molar-refractivity contribution is 7.10. The van der Waals surface area contributed by atoms with Gasteiger partial charge < -0.3 is 4.90 Å². The second-order valence-electron chi connectivity index (χ2n) is 4.48. The summed E-state index contributed by atoms with van der Waals surface area (Å²) in [4.78, 5) is 6.20. The van der Waals surface area contributed by atoms with E-state index >= 15 is 0 Å². The molecule has 2 heterocycles. The minimum absolute atomic E-state index is 0.0354. The Bertz CT molecular complexity index is 659. The van der Waals surface area contributed by atoms with Gasteiger partial charge in [-0.15, -0.1) is 11.3 Å².